The standard InChI is InChI=1S/C15H23NO3/c1-6-12(7-2)16-11(5)14(15(18)19-8-3)10(4)9-13(16)17/h9,12H,6-8H2,1-5H3. The fourth-order valence-electron chi connectivity index (χ4n) is 2.52. The molecule has 0 aromatic carbocycles. The summed E-state index contributed by atoms with van der Waals surface area (Å²) in [6, 6.07) is 1.65. The summed E-state index contributed by atoms with van der Waals surface area (Å²) >= 11 is 0. The van der Waals surface area contributed by atoms with Crippen molar-refractivity contribution in [3.8, 4) is 0 Å². The van der Waals surface area contributed by atoms with Gasteiger partial charge in [-0.1, -0.05) is 13.8 Å². The topological polar surface area (TPSA) is 48.3 Å². The third-order valence-electron chi connectivity index (χ3n) is 3.48. The van der Waals surface area contributed by atoms with E-state index in [0.717, 1.165) is 12.8 Å². The number of hydrogen-bond acceptors (Lipinski definition) is 3. The predicted molar refractivity (Wildman–Crippen MR) is 75.8 cm³/mol. The Balaban J connectivity index is 3.46. The molecule has 0 amide bonds. The van der Waals surface area contributed by atoms with E-state index in [9.17, 15) is 9.59 Å². The molecular weight excluding hydrogens is 242 g/mol. The lowest BCUT2D eigenvalue weighted by Crippen LogP contribution is -2.29. The maximum Gasteiger partial charge on any atom is 0.340 e. The zero-order valence-electron chi connectivity index (χ0n) is 12.4. The van der Waals surface area contributed by atoms with Crippen molar-refractivity contribution in [1.82, 2.24) is 4.57 Å². The number of hydrogen-bond donors (Lipinski definition) is 0. The van der Waals surface area contributed by atoms with Crippen LogP contribution in [0.25, 0.3) is 0 Å². The van der Waals surface area contributed by atoms with E-state index in [-0.39, 0.29) is 17.6 Å². The first-order valence-corrected chi connectivity index (χ1v) is 6.87. The van der Waals surface area contributed by atoms with Gasteiger partial charge in [-0.2, -0.15) is 0 Å². The minimum atomic E-state index is -0.350. The average molecular weight is 265 g/mol. The average Bonchev–Trinajstić information content (AvgIpc) is 2.34. The van der Waals surface area contributed by atoms with Gasteiger partial charge < -0.3 is 9.30 Å². The largest absolute Gasteiger partial charge is 0.462 e. The van der Waals surface area contributed by atoms with Gasteiger partial charge in [0, 0.05) is 17.8 Å². The second kappa shape index (κ2) is 6.55. The summed E-state index contributed by atoms with van der Waals surface area (Å²) in [7, 11) is 0. The summed E-state index contributed by atoms with van der Waals surface area (Å²) < 4.78 is 6.80. The number of rotatable bonds is 5. The van der Waals surface area contributed by atoms with Gasteiger partial charge in [0.25, 0.3) is 5.56 Å². The van der Waals surface area contributed by atoms with E-state index in [1.165, 1.54) is 6.07 Å². The van der Waals surface area contributed by atoms with Gasteiger partial charge in [0.05, 0.1) is 12.2 Å². The highest BCUT2D eigenvalue weighted by atomic mass is 16.5. The van der Waals surface area contributed by atoms with Crippen molar-refractivity contribution in [3.63, 3.8) is 0 Å². The summed E-state index contributed by atoms with van der Waals surface area (Å²) in [6.07, 6.45) is 1.73. The second-order valence-electron chi connectivity index (χ2n) is 4.69. The highest BCUT2D eigenvalue weighted by molar-refractivity contribution is 5.92. The van der Waals surface area contributed by atoms with Gasteiger partial charge in [0.1, 0.15) is 0 Å². The molecule has 0 radical (unpaired) electrons. The Bertz CT molecular complexity index is 513. The van der Waals surface area contributed by atoms with Gasteiger partial charge in [0.2, 0.25) is 0 Å². The Kier molecular flexibility index (Phi) is 5.33. The lowest BCUT2D eigenvalue weighted by Gasteiger charge is -2.22. The Morgan fingerprint density at radius 1 is 1.26 bits per heavy atom. The van der Waals surface area contributed by atoms with E-state index in [0.29, 0.717) is 23.4 Å². The molecule has 0 spiro atoms. The predicted octanol–water partition coefficient (Wildman–Crippen LogP) is 3.00. The van der Waals surface area contributed by atoms with Crippen molar-refractivity contribution in [2.45, 2.75) is 53.5 Å². The molecule has 0 bridgehead atoms. The quantitative estimate of drug-likeness (QED) is 0.769. The van der Waals surface area contributed by atoms with Crippen LogP contribution in [0.15, 0.2) is 10.9 Å². The van der Waals surface area contributed by atoms with Crippen molar-refractivity contribution in [2.75, 3.05) is 6.61 Å². The Labute approximate surface area is 114 Å². The fourth-order valence-corrected chi connectivity index (χ4v) is 2.52. The molecule has 19 heavy (non-hydrogen) atoms. The van der Waals surface area contributed by atoms with E-state index in [1.54, 1.807) is 18.4 Å². The van der Waals surface area contributed by atoms with Gasteiger partial charge in [-0.3, -0.25) is 4.79 Å². The highest BCUT2D eigenvalue weighted by Gasteiger charge is 2.20. The van der Waals surface area contributed by atoms with Crippen LogP contribution < -0.4 is 5.56 Å². The summed E-state index contributed by atoms with van der Waals surface area (Å²) in [5, 5.41) is 0. The third kappa shape index (κ3) is 3.06. The number of pyridine rings is 1. The molecule has 4 nitrogen and oxygen atoms in total. The van der Waals surface area contributed by atoms with E-state index in [2.05, 4.69) is 0 Å². The molecule has 1 aromatic rings. The summed E-state index contributed by atoms with van der Waals surface area (Å²) in [5.74, 6) is -0.350. The van der Waals surface area contributed by atoms with Crippen LogP contribution in [-0.4, -0.2) is 17.1 Å². The van der Waals surface area contributed by atoms with Crippen molar-refractivity contribution in [1.29, 1.82) is 0 Å². The van der Waals surface area contributed by atoms with Crippen LogP contribution in [0.2, 0.25) is 0 Å². The van der Waals surface area contributed by atoms with Crippen LogP contribution in [-0.2, 0) is 4.74 Å². The van der Waals surface area contributed by atoms with Crippen molar-refractivity contribution in [3.05, 3.63) is 33.2 Å². The van der Waals surface area contributed by atoms with Gasteiger partial charge >= 0.3 is 5.97 Å². The molecule has 4 heteroatoms. The van der Waals surface area contributed by atoms with Crippen molar-refractivity contribution >= 4 is 5.97 Å². The molecule has 0 unspecified atom stereocenters. The molecule has 0 aliphatic rings. The molecule has 0 aliphatic heterocycles. The van der Waals surface area contributed by atoms with Crippen LogP contribution in [0.5, 0.6) is 0 Å². The first-order valence-electron chi connectivity index (χ1n) is 6.87. The lowest BCUT2D eigenvalue weighted by molar-refractivity contribution is 0.0523. The minimum Gasteiger partial charge on any atom is -0.462 e. The zero-order chi connectivity index (χ0) is 14.6. The maximum absolute atomic E-state index is 12.2. The van der Waals surface area contributed by atoms with Gasteiger partial charge in [0.15, 0.2) is 0 Å². The molecule has 0 saturated carbocycles. The Morgan fingerprint density at radius 2 is 1.84 bits per heavy atom. The van der Waals surface area contributed by atoms with Gasteiger partial charge in [-0.25, -0.2) is 4.79 Å². The van der Waals surface area contributed by atoms with Crippen LogP contribution in [0, 0.1) is 13.8 Å². The molecule has 106 valence electrons. The number of nitrogens with zero attached hydrogens (tertiary/aromatic N) is 1. The number of esters is 1. The Morgan fingerprint density at radius 3 is 2.32 bits per heavy atom. The zero-order valence-corrected chi connectivity index (χ0v) is 12.4. The van der Waals surface area contributed by atoms with E-state index in [1.807, 2.05) is 20.8 Å². The summed E-state index contributed by atoms with van der Waals surface area (Å²) in [6.45, 7) is 9.80. The van der Waals surface area contributed by atoms with Crippen LogP contribution >= 0.6 is 0 Å². The molecule has 0 aliphatic carbocycles. The third-order valence-corrected chi connectivity index (χ3v) is 3.48. The molecular formula is C15H23NO3. The molecule has 1 rings (SSSR count). The number of aryl methyl sites for hydroxylation is 1. The molecule has 0 N–H and O–H groups in total. The van der Waals surface area contributed by atoms with Crippen LogP contribution in [0.4, 0.5) is 0 Å². The van der Waals surface area contributed by atoms with E-state index in [4.69, 9.17) is 4.74 Å². The first kappa shape index (κ1) is 15.5. The second-order valence-corrected chi connectivity index (χ2v) is 4.69. The number of carbonyl (C=O) groups is 1. The molecule has 0 atom stereocenters. The fraction of sp³-hybridized carbons (Fsp3) is 0.600. The number of ether oxygens (including phenoxy) is 1. The smallest absolute Gasteiger partial charge is 0.340 e. The molecule has 1 aromatic heterocycles. The Hall–Kier alpha value is -1.58. The highest BCUT2D eigenvalue weighted by Crippen LogP contribution is 2.20. The van der Waals surface area contributed by atoms with Crippen LogP contribution in [0.3, 0.4) is 0 Å². The normalized spacial score (nSPS) is 10.8. The summed E-state index contributed by atoms with van der Waals surface area (Å²) in [4.78, 5) is 24.2. The summed E-state index contributed by atoms with van der Waals surface area (Å²) in [5.41, 5.74) is 1.87. The number of carbonyl (C=O) groups excluding carboxylic acids is 1. The van der Waals surface area contributed by atoms with Crippen LogP contribution in [0.1, 0.15) is 61.3 Å². The van der Waals surface area contributed by atoms with Crippen molar-refractivity contribution < 1.29 is 9.53 Å². The van der Waals surface area contributed by atoms with E-state index < -0.39 is 0 Å². The first-order chi connectivity index (χ1) is 8.97. The molecule has 1 heterocycles. The van der Waals surface area contributed by atoms with Crippen molar-refractivity contribution in [2.24, 2.45) is 0 Å². The SMILES string of the molecule is CCOC(=O)c1c(C)cc(=O)n(C(CC)CC)c1C. The van der Waals surface area contributed by atoms with Gasteiger partial charge in [-0.05, 0) is 39.2 Å². The molecule has 0 fully saturated rings. The monoisotopic (exact) mass is 265 g/mol. The van der Waals surface area contributed by atoms with Gasteiger partial charge in [-0.15, -0.1) is 0 Å². The lowest BCUT2D eigenvalue weighted by atomic mass is 10.0. The van der Waals surface area contributed by atoms with E-state index >= 15 is 0 Å². The minimum absolute atomic E-state index is 0.0447. The number of aromatic nitrogens is 1. The maximum atomic E-state index is 12.2. The molecule has 0 saturated heterocycles.